The van der Waals surface area contributed by atoms with Crippen LogP contribution in [0.1, 0.15) is 126 Å². The lowest BCUT2D eigenvalue weighted by Crippen LogP contribution is -2.08. The molecule has 2 aromatic carbocycles. The van der Waals surface area contributed by atoms with Gasteiger partial charge in [-0.1, -0.05) is 103 Å². The molecule has 1 atom stereocenters. The topological polar surface area (TPSA) is 82.1 Å². The van der Waals surface area contributed by atoms with E-state index >= 15 is 0 Å². The molecule has 2 rings (SSSR count). The maximum Gasteiger partial charge on any atom is 0.339 e. The minimum Gasteiger partial charge on any atom is -0.494 e. The van der Waals surface area contributed by atoms with Crippen LogP contribution in [0.4, 0.5) is 0 Å². The van der Waals surface area contributed by atoms with Gasteiger partial charge in [0.15, 0.2) is 0 Å². The molecule has 0 bridgehead atoms. The van der Waals surface area contributed by atoms with Gasteiger partial charge in [0.25, 0.3) is 0 Å². The van der Waals surface area contributed by atoms with E-state index in [-0.39, 0.29) is 5.56 Å². The summed E-state index contributed by atoms with van der Waals surface area (Å²) in [6, 6.07) is 12.1. The molecule has 1 unspecified atom stereocenters. The van der Waals surface area contributed by atoms with E-state index in [1.807, 2.05) is 0 Å². The summed E-state index contributed by atoms with van der Waals surface area (Å²) in [6.07, 6.45) is 23.5. The van der Waals surface area contributed by atoms with Gasteiger partial charge in [0.1, 0.15) is 22.8 Å². The van der Waals surface area contributed by atoms with Crippen LogP contribution in [0.3, 0.4) is 0 Å². The number of rotatable bonds is 26. The van der Waals surface area contributed by atoms with Crippen molar-refractivity contribution >= 4 is 16.8 Å². The first-order chi connectivity index (χ1) is 20.5. The number of aromatic carboxylic acids is 1. The molecular formula is C35H54O6S. The summed E-state index contributed by atoms with van der Waals surface area (Å²) in [5.41, 5.74) is 0.101. The summed E-state index contributed by atoms with van der Waals surface area (Å²) in [5, 5.41) is 9.64. The Morgan fingerprint density at radius 1 is 0.619 bits per heavy atom. The molecule has 0 saturated carbocycles. The van der Waals surface area contributed by atoms with Gasteiger partial charge in [-0.2, -0.15) is 0 Å². The van der Waals surface area contributed by atoms with Crippen molar-refractivity contribution in [2.45, 2.75) is 121 Å². The van der Waals surface area contributed by atoms with Gasteiger partial charge >= 0.3 is 5.97 Å². The number of carboxylic acids is 1. The highest BCUT2D eigenvalue weighted by atomic mass is 32.2. The highest BCUT2D eigenvalue weighted by Gasteiger charge is 2.13. The van der Waals surface area contributed by atoms with Crippen LogP contribution in [-0.4, -0.2) is 41.4 Å². The fraction of sp³-hybridized carbons (Fsp3) is 0.629. The van der Waals surface area contributed by atoms with E-state index in [4.69, 9.17) is 14.2 Å². The van der Waals surface area contributed by atoms with Crippen LogP contribution < -0.4 is 14.2 Å². The summed E-state index contributed by atoms with van der Waals surface area (Å²) in [5.74, 6) is 0.538. The van der Waals surface area contributed by atoms with Gasteiger partial charge in [-0.05, 0) is 48.9 Å². The molecule has 0 heterocycles. The molecule has 7 heteroatoms. The third-order valence-corrected chi connectivity index (χ3v) is 8.35. The highest BCUT2D eigenvalue weighted by Crippen LogP contribution is 2.25. The average molecular weight is 603 g/mol. The maximum absolute atomic E-state index is 11.8. The first-order valence-corrected chi connectivity index (χ1v) is 17.8. The van der Waals surface area contributed by atoms with Gasteiger partial charge in [0.05, 0.1) is 19.8 Å². The second kappa shape index (κ2) is 23.0. The maximum atomic E-state index is 11.8. The van der Waals surface area contributed by atoms with E-state index in [2.05, 4.69) is 6.92 Å². The zero-order valence-corrected chi connectivity index (χ0v) is 26.9. The number of ether oxygens (including phenoxy) is 3. The summed E-state index contributed by atoms with van der Waals surface area (Å²) < 4.78 is 28.7. The lowest BCUT2D eigenvalue weighted by Gasteiger charge is -2.12. The van der Waals surface area contributed by atoms with Gasteiger partial charge in [-0.25, -0.2) is 4.79 Å². The van der Waals surface area contributed by atoms with Crippen molar-refractivity contribution in [3.05, 3.63) is 48.0 Å². The van der Waals surface area contributed by atoms with E-state index in [1.54, 1.807) is 48.7 Å². The zero-order valence-electron chi connectivity index (χ0n) is 26.1. The molecule has 0 aromatic heterocycles. The second-order valence-corrected chi connectivity index (χ2v) is 12.5. The largest absolute Gasteiger partial charge is 0.494 e. The van der Waals surface area contributed by atoms with E-state index < -0.39 is 16.8 Å². The fourth-order valence-electron chi connectivity index (χ4n) is 4.89. The molecule has 0 fully saturated rings. The lowest BCUT2D eigenvalue weighted by molar-refractivity contribution is 0.0691. The molecule has 1 N–H and O–H groups in total. The molecule has 2 aromatic rings. The van der Waals surface area contributed by atoms with Crippen LogP contribution >= 0.6 is 0 Å². The lowest BCUT2D eigenvalue weighted by atomic mass is 10.0. The molecule has 0 saturated heterocycles. The smallest absolute Gasteiger partial charge is 0.339 e. The minimum atomic E-state index is -1.04. The predicted octanol–water partition coefficient (Wildman–Crippen LogP) is 9.61. The SMILES string of the molecule is CCCCCCCCCCCCCCCCCCOc1ccc(OCCCOc2ccc(S(C)=O)cc2)c(C(=O)O)c1. The Kier molecular flexibility index (Phi) is 19.5. The molecule has 6 nitrogen and oxygen atoms in total. The molecule has 0 aliphatic rings. The molecule has 0 aliphatic heterocycles. The molecule has 0 radical (unpaired) electrons. The normalized spacial score (nSPS) is 11.8. The predicted molar refractivity (Wildman–Crippen MR) is 173 cm³/mol. The van der Waals surface area contributed by atoms with Crippen molar-refractivity contribution in [1.29, 1.82) is 0 Å². The van der Waals surface area contributed by atoms with Crippen molar-refractivity contribution in [3.63, 3.8) is 0 Å². The molecule has 0 aliphatic carbocycles. The number of carbonyl (C=O) groups is 1. The van der Waals surface area contributed by atoms with Gasteiger partial charge in [-0.3, -0.25) is 4.21 Å². The first-order valence-electron chi connectivity index (χ1n) is 16.2. The third kappa shape index (κ3) is 16.2. The van der Waals surface area contributed by atoms with Crippen LogP contribution in [0.5, 0.6) is 17.2 Å². The van der Waals surface area contributed by atoms with Gasteiger partial charge in [0, 0.05) is 28.4 Å². The molecule has 42 heavy (non-hydrogen) atoms. The summed E-state index contributed by atoms with van der Waals surface area (Å²) in [4.78, 5) is 12.5. The summed E-state index contributed by atoms with van der Waals surface area (Å²) in [7, 11) is -1.02. The fourth-order valence-corrected chi connectivity index (χ4v) is 5.41. The Labute approximate surface area is 257 Å². The van der Waals surface area contributed by atoms with Crippen LogP contribution in [0.25, 0.3) is 0 Å². The van der Waals surface area contributed by atoms with E-state index in [0.717, 1.165) is 17.7 Å². The molecule has 236 valence electrons. The Hall–Kier alpha value is -2.54. The van der Waals surface area contributed by atoms with Crippen molar-refractivity contribution in [3.8, 4) is 17.2 Å². The third-order valence-electron chi connectivity index (χ3n) is 7.42. The Balaban J connectivity index is 1.50. The monoisotopic (exact) mass is 602 g/mol. The molecular weight excluding hydrogens is 548 g/mol. The van der Waals surface area contributed by atoms with Crippen molar-refractivity contribution in [2.24, 2.45) is 0 Å². The average Bonchev–Trinajstić information content (AvgIpc) is 2.99. The summed E-state index contributed by atoms with van der Waals surface area (Å²) in [6.45, 7) is 3.62. The summed E-state index contributed by atoms with van der Waals surface area (Å²) >= 11 is 0. The van der Waals surface area contributed by atoms with Gasteiger partial charge in [0.2, 0.25) is 0 Å². The molecule has 0 amide bonds. The Morgan fingerprint density at radius 3 is 1.60 bits per heavy atom. The number of unbranched alkanes of at least 4 members (excludes halogenated alkanes) is 15. The van der Waals surface area contributed by atoms with Crippen LogP contribution in [0, 0.1) is 0 Å². The van der Waals surface area contributed by atoms with Gasteiger partial charge < -0.3 is 19.3 Å². The van der Waals surface area contributed by atoms with Crippen molar-refractivity contribution < 1.29 is 28.3 Å². The highest BCUT2D eigenvalue weighted by molar-refractivity contribution is 7.84. The number of carboxylic acid groups (broad SMARTS) is 1. The van der Waals surface area contributed by atoms with Gasteiger partial charge in [-0.15, -0.1) is 0 Å². The van der Waals surface area contributed by atoms with E-state index in [9.17, 15) is 14.1 Å². The standard InChI is InChI=1S/C35H54O6S/c1-3-4-5-6-7-8-9-10-11-12-13-14-15-16-17-18-26-40-31-22-25-34(33(29-31)35(36)37)41-28-19-27-39-30-20-23-32(24-21-30)42(2)38/h20-25,29H,3-19,26-28H2,1-2H3,(H,36,37). The van der Waals surface area contributed by atoms with E-state index in [0.29, 0.717) is 43.5 Å². The van der Waals surface area contributed by atoms with Crippen LogP contribution in [0.2, 0.25) is 0 Å². The van der Waals surface area contributed by atoms with Crippen molar-refractivity contribution in [1.82, 2.24) is 0 Å². The molecule has 0 spiro atoms. The minimum absolute atomic E-state index is 0.101. The van der Waals surface area contributed by atoms with Crippen LogP contribution in [0.15, 0.2) is 47.4 Å². The Morgan fingerprint density at radius 2 is 1.07 bits per heavy atom. The Bertz CT molecular complexity index is 1010. The van der Waals surface area contributed by atoms with E-state index in [1.165, 1.54) is 89.9 Å². The quantitative estimate of drug-likeness (QED) is 0.108. The van der Waals surface area contributed by atoms with Crippen molar-refractivity contribution in [2.75, 3.05) is 26.1 Å². The first kappa shape index (κ1) is 35.7. The number of hydrogen-bond acceptors (Lipinski definition) is 5. The second-order valence-electron chi connectivity index (χ2n) is 11.1. The zero-order chi connectivity index (χ0) is 30.3. The van der Waals surface area contributed by atoms with Crippen LogP contribution in [-0.2, 0) is 10.8 Å². The number of benzene rings is 2. The number of hydrogen-bond donors (Lipinski definition) is 1.